The lowest BCUT2D eigenvalue weighted by Crippen LogP contribution is -2.32. The number of rotatable bonds is 8. The number of hydrogen-bond acceptors (Lipinski definition) is 4. The Labute approximate surface area is 121 Å². The van der Waals surface area contributed by atoms with Crippen LogP contribution in [0.2, 0.25) is 0 Å². The van der Waals surface area contributed by atoms with Crippen molar-refractivity contribution < 1.29 is 5.21 Å². The van der Waals surface area contributed by atoms with Gasteiger partial charge in [0.1, 0.15) is 5.84 Å². The summed E-state index contributed by atoms with van der Waals surface area (Å²) in [5.74, 6) is 0.298. The predicted molar refractivity (Wildman–Crippen MR) is 81.7 cm³/mol. The Hall–Kier alpha value is -1.62. The van der Waals surface area contributed by atoms with E-state index in [0.717, 1.165) is 31.5 Å². The molecule has 5 heteroatoms. The first-order valence-electron chi connectivity index (χ1n) is 7.09. The molecular formula is C15H26N4O. The topological polar surface area (TPSA) is 83.5 Å². The molecule has 0 aliphatic carbocycles. The Morgan fingerprint density at radius 3 is 2.80 bits per heavy atom. The Morgan fingerprint density at radius 1 is 1.45 bits per heavy atom. The van der Waals surface area contributed by atoms with E-state index in [9.17, 15) is 0 Å². The summed E-state index contributed by atoms with van der Waals surface area (Å²) in [4.78, 5) is 4.33. The number of aromatic nitrogens is 1. The smallest absolute Gasteiger partial charge is 0.144 e. The van der Waals surface area contributed by atoms with Gasteiger partial charge in [-0.05, 0) is 38.4 Å². The first-order valence-corrected chi connectivity index (χ1v) is 7.09. The highest BCUT2D eigenvalue weighted by Crippen LogP contribution is 2.23. The Bertz CT molecular complexity index is 417. The van der Waals surface area contributed by atoms with Gasteiger partial charge in [0.05, 0.1) is 5.69 Å². The van der Waals surface area contributed by atoms with Crippen LogP contribution in [0.3, 0.4) is 0 Å². The van der Waals surface area contributed by atoms with Crippen molar-refractivity contribution >= 4 is 5.84 Å². The fourth-order valence-corrected chi connectivity index (χ4v) is 2.01. The van der Waals surface area contributed by atoms with Gasteiger partial charge in [0.2, 0.25) is 0 Å². The summed E-state index contributed by atoms with van der Waals surface area (Å²) in [7, 11) is 0. The molecule has 4 N–H and O–H groups in total. The molecule has 0 saturated heterocycles. The quantitative estimate of drug-likeness (QED) is 0.224. The number of pyridine rings is 1. The average Bonchev–Trinajstić information content (AvgIpc) is 2.46. The molecule has 0 fully saturated rings. The van der Waals surface area contributed by atoms with Crippen LogP contribution in [0.4, 0.5) is 0 Å². The molecule has 1 rings (SSSR count). The van der Waals surface area contributed by atoms with Gasteiger partial charge in [0.25, 0.3) is 0 Å². The van der Waals surface area contributed by atoms with Crippen LogP contribution in [0.25, 0.3) is 0 Å². The van der Waals surface area contributed by atoms with Crippen LogP contribution in [-0.2, 0) is 0 Å². The maximum absolute atomic E-state index is 8.72. The molecule has 0 aliphatic rings. The zero-order valence-electron chi connectivity index (χ0n) is 12.6. The van der Waals surface area contributed by atoms with Gasteiger partial charge in [-0.1, -0.05) is 31.5 Å². The van der Waals surface area contributed by atoms with E-state index in [4.69, 9.17) is 10.9 Å². The Balaban J connectivity index is 2.23. The molecule has 0 amide bonds. The van der Waals surface area contributed by atoms with Gasteiger partial charge < -0.3 is 16.3 Å². The summed E-state index contributed by atoms with van der Waals surface area (Å²) in [5.41, 5.74) is 6.48. The minimum atomic E-state index is -0.249. The summed E-state index contributed by atoms with van der Waals surface area (Å²) >= 11 is 0. The average molecular weight is 278 g/mol. The van der Waals surface area contributed by atoms with Gasteiger partial charge in [0.15, 0.2) is 0 Å². The van der Waals surface area contributed by atoms with Crippen molar-refractivity contribution in [3.05, 3.63) is 30.1 Å². The number of nitrogens with one attached hydrogen (secondary N) is 1. The molecule has 1 aromatic rings. The summed E-state index contributed by atoms with van der Waals surface area (Å²) in [6.45, 7) is 7.03. The maximum Gasteiger partial charge on any atom is 0.144 e. The van der Waals surface area contributed by atoms with E-state index in [1.165, 1.54) is 0 Å². The number of nitrogens with zero attached hydrogens (tertiary/aromatic N) is 2. The van der Waals surface area contributed by atoms with E-state index in [0.29, 0.717) is 5.84 Å². The predicted octanol–water partition coefficient (Wildman–Crippen LogP) is 2.68. The Kier molecular flexibility index (Phi) is 6.45. The van der Waals surface area contributed by atoms with Gasteiger partial charge in [-0.25, -0.2) is 0 Å². The third kappa shape index (κ3) is 5.17. The minimum Gasteiger partial charge on any atom is -0.409 e. The molecule has 0 radical (unpaired) electrons. The Morgan fingerprint density at radius 2 is 2.20 bits per heavy atom. The van der Waals surface area contributed by atoms with E-state index in [2.05, 4.69) is 22.4 Å². The highest BCUT2D eigenvalue weighted by Gasteiger charge is 2.22. The van der Waals surface area contributed by atoms with Crippen molar-refractivity contribution in [1.82, 2.24) is 10.3 Å². The van der Waals surface area contributed by atoms with Crippen LogP contribution < -0.4 is 11.1 Å². The second-order valence-corrected chi connectivity index (χ2v) is 5.76. The molecule has 0 unspecified atom stereocenters. The lowest BCUT2D eigenvalue weighted by Gasteiger charge is -2.22. The van der Waals surface area contributed by atoms with Crippen LogP contribution in [0.1, 0.15) is 51.8 Å². The molecule has 112 valence electrons. The van der Waals surface area contributed by atoms with E-state index >= 15 is 0 Å². The first-order chi connectivity index (χ1) is 9.47. The number of unbranched alkanes of at least 4 members (excludes halogenated alkanes) is 1. The fraction of sp³-hybridized carbons (Fsp3) is 0.600. The van der Waals surface area contributed by atoms with Crippen LogP contribution in [0.5, 0.6) is 0 Å². The van der Waals surface area contributed by atoms with Crippen LogP contribution in [-0.4, -0.2) is 22.6 Å². The molecule has 1 atom stereocenters. The monoisotopic (exact) mass is 278 g/mol. The normalized spacial score (nSPS) is 14.2. The number of oxime groups is 1. The number of amidine groups is 1. The molecular weight excluding hydrogens is 252 g/mol. The second kappa shape index (κ2) is 7.85. The van der Waals surface area contributed by atoms with E-state index in [1.807, 2.05) is 38.2 Å². The first kappa shape index (κ1) is 16.4. The number of nitrogens with two attached hydrogens (primary N) is 1. The molecule has 20 heavy (non-hydrogen) atoms. The van der Waals surface area contributed by atoms with Crippen molar-refractivity contribution in [2.45, 2.75) is 46.1 Å². The van der Waals surface area contributed by atoms with Gasteiger partial charge in [-0.2, -0.15) is 0 Å². The van der Waals surface area contributed by atoms with Gasteiger partial charge in [0, 0.05) is 17.7 Å². The molecule has 5 nitrogen and oxygen atoms in total. The van der Waals surface area contributed by atoms with Crippen molar-refractivity contribution in [2.75, 3.05) is 6.54 Å². The molecule has 1 aromatic heterocycles. The fourth-order valence-electron chi connectivity index (χ4n) is 2.01. The molecule has 0 spiro atoms. The van der Waals surface area contributed by atoms with Crippen LogP contribution >= 0.6 is 0 Å². The van der Waals surface area contributed by atoms with E-state index < -0.39 is 0 Å². The lowest BCUT2D eigenvalue weighted by atomic mass is 9.86. The SMILES string of the molecule is C[C@@H](NCCCCC(C)(C)/C(N)=N/O)c1ccccn1. The summed E-state index contributed by atoms with van der Waals surface area (Å²) in [6.07, 6.45) is 4.81. The zero-order valence-corrected chi connectivity index (χ0v) is 12.6. The highest BCUT2D eigenvalue weighted by molar-refractivity contribution is 5.85. The second-order valence-electron chi connectivity index (χ2n) is 5.76. The summed E-state index contributed by atoms with van der Waals surface area (Å²) in [5, 5.41) is 15.3. The molecule has 0 saturated carbocycles. The van der Waals surface area contributed by atoms with Crippen molar-refractivity contribution in [3.63, 3.8) is 0 Å². The van der Waals surface area contributed by atoms with Crippen molar-refractivity contribution in [2.24, 2.45) is 16.3 Å². The standard InChI is InChI=1S/C15H26N4O/c1-12(13-8-4-6-11-18-13)17-10-7-5-9-15(2,3)14(16)19-20/h4,6,8,11-12,17,20H,5,7,9-10H2,1-3H3,(H2,16,19)/t12-/m1/s1. The molecule has 1 heterocycles. The maximum atomic E-state index is 8.72. The van der Waals surface area contributed by atoms with Gasteiger partial charge in [-0.15, -0.1) is 0 Å². The van der Waals surface area contributed by atoms with E-state index in [-0.39, 0.29) is 11.5 Å². The summed E-state index contributed by atoms with van der Waals surface area (Å²) < 4.78 is 0. The van der Waals surface area contributed by atoms with Gasteiger partial charge in [-0.3, -0.25) is 4.98 Å². The highest BCUT2D eigenvalue weighted by atomic mass is 16.4. The minimum absolute atomic E-state index is 0.249. The van der Waals surface area contributed by atoms with Crippen molar-refractivity contribution in [1.29, 1.82) is 0 Å². The molecule has 0 aliphatic heterocycles. The van der Waals surface area contributed by atoms with Crippen molar-refractivity contribution in [3.8, 4) is 0 Å². The zero-order chi connectivity index (χ0) is 15.0. The van der Waals surface area contributed by atoms with E-state index in [1.54, 1.807) is 0 Å². The third-order valence-electron chi connectivity index (χ3n) is 3.61. The number of hydrogen-bond donors (Lipinski definition) is 3. The van der Waals surface area contributed by atoms with Gasteiger partial charge >= 0.3 is 0 Å². The lowest BCUT2D eigenvalue weighted by molar-refractivity contribution is 0.304. The third-order valence-corrected chi connectivity index (χ3v) is 3.61. The molecule has 0 aromatic carbocycles. The summed E-state index contributed by atoms with van der Waals surface area (Å²) in [6, 6.07) is 6.21. The largest absolute Gasteiger partial charge is 0.409 e. The van der Waals surface area contributed by atoms with Crippen LogP contribution in [0, 0.1) is 5.41 Å². The van der Waals surface area contributed by atoms with Crippen LogP contribution in [0.15, 0.2) is 29.6 Å². The molecule has 0 bridgehead atoms.